The van der Waals surface area contributed by atoms with Crippen LogP contribution in [-0.4, -0.2) is 15.9 Å². The van der Waals surface area contributed by atoms with Gasteiger partial charge in [0.2, 0.25) is 5.91 Å². The fourth-order valence-corrected chi connectivity index (χ4v) is 2.76. The highest BCUT2D eigenvalue weighted by atomic mass is 32.1. The van der Waals surface area contributed by atoms with E-state index in [0.717, 1.165) is 24.2 Å². The summed E-state index contributed by atoms with van der Waals surface area (Å²) in [5.74, 6) is 0.398. The molecule has 0 aromatic carbocycles. The molecule has 1 aromatic rings. The Labute approximate surface area is 112 Å². The summed E-state index contributed by atoms with van der Waals surface area (Å²) >= 11 is 5.06. The maximum atomic E-state index is 12.3. The number of amides is 1. The quantitative estimate of drug-likeness (QED) is 0.819. The first-order chi connectivity index (χ1) is 8.44. The Kier molecular flexibility index (Phi) is 3.34. The van der Waals surface area contributed by atoms with Gasteiger partial charge in [-0.1, -0.05) is 19.1 Å². The van der Waals surface area contributed by atoms with E-state index in [1.54, 1.807) is 12.3 Å². The Bertz CT molecular complexity index is 495. The third-order valence-electron chi connectivity index (χ3n) is 3.45. The number of nitrogens with one attached hydrogen (secondary N) is 1. The van der Waals surface area contributed by atoms with Crippen molar-refractivity contribution >= 4 is 28.8 Å². The van der Waals surface area contributed by atoms with Gasteiger partial charge in [-0.05, 0) is 37.8 Å². The molecule has 0 bridgehead atoms. The molecule has 1 fully saturated rings. The molecule has 18 heavy (non-hydrogen) atoms. The summed E-state index contributed by atoms with van der Waals surface area (Å²) in [6.07, 6.45) is 3.14. The molecule has 0 radical (unpaired) electrons. The zero-order valence-electron chi connectivity index (χ0n) is 10.6. The van der Waals surface area contributed by atoms with Crippen LogP contribution in [0.1, 0.15) is 25.5 Å². The average Bonchev–Trinajstić information content (AvgIpc) is 2.23. The average molecular weight is 263 g/mol. The highest BCUT2D eigenvalue weighted by Crippen LogP contribution is 2.46. The van der Waals surface area contributed by atoms with Crippen molar-refractivity contribution in [2.75, 3.05) is 5.32 Å². The molecule has 1 amide bonds. The lowest BCUT2D eigenvalue weighted by Gasteiger charge is -2.44. The number of hydrogen-bond acceptors (Lipinski definition) is 3. The largest absolute Gasteiger partial charge is 0.392 e. The van der Waals surface area contributed by atoms with E-state index in [4.69, 9.17) is 18.0 Å². The van der Waals surface area contributed by atoms with Crippen molar-refractivity contribution in [3.05, 3.63) is 24.0 Å². The Morgan fingerprint density at radius 1 is 1.61 bits per heavy atom. The fourth-order valence-electron chi connectivity index (χ4n) is 2.50. The molecule has 1 saturated carbocycles. The van der Waals surface area contributed by atoms with Gasteiger partial charge < -0.3 is 11.1 Å². The summed E-state index contributed by atoms with van der Waals surface area (Å²) in [4.78, 5) is 16.7. The molecule has 1 heterocycles. The Hall–Kier alpha value is -1.49. The Balaban J connectivity index is 2.14. The van der Waals surface area contributed by atoms with Gasteiger partial charge in [-0.15, -0.1) is 0 Å². The number of anilines is 1. The lowest BCUT2D eigenvalue weighted by atomic mass is 9.62. The maximum Gasteiger partial charge on any atom is 0.237 e. The standard InChI is InChI=1S/C13H17N3OS/c1-8-6-13(7-8,11(14)18)12(17)16-10-3-4-15-9(2)5-10/h3-5,8H,6-7H2,1-2H3,(H2,14,18)(H,15,16,17). The molecule has 1 aromatic heterocycles. The van der Waals surface area contributed by atoms with Crippen LogP contribution < -0.4 is 11.1 Å². The van der Waals surface area contributed by atoms with Crippen LogP contribution in [0.4, 0.5) is 5.69 Å². The molecule has 1 aliphatic rings. The number of nitrogens with two attached hydrogens (primary N) is 1. The van der Waals surface area contributed by atoms with Gasteiger partial charge in [0, 0.05) is 17.6 Å². The molecule has 0 atom stereocenters. The number of aryl methyl sites for hydroxylation is 1. The van der Waals surface area contributed by atoms with Crippen LogP contribution in [0.5, 0.6) is 0 Å². The SMILES string of the molecule is Cc1cc(NC(=O)C2(C(N)=S)CC(C)C2)ccn1. The van der Waals surface area contributed by atoms with Crippen LogP contribution in [-0.2, 0) is 4.79 Å². The number of hydrogen-bond donors (Lipinski definition) is 2. The second-order valence-corrected chi connectivity index (χ2v) is 5.54. The van der Waals surface area contributed by atoms with E-state index in [0.29, 0.717) is 10.9 Å². The first kappa shape index (κ1) is 13.0. The second kappa shape index (κ2) is 4.65. The van der Waals surface area contributed by atoms with Crippen molar-refractivity contribution < 1.29 is 4.79 Å². The Morgan fingerprint density at radius 2 is 2.28 bits per heavy atom. The third kappa shape index (κ3) is 2.22. The molecular formula is C13H17N3OS. The lowest BCUT2D eigenvalue weighted by molar-refractivity contribution is -0.127. The van der Waals surface area contributed by atoms with Crippen LogP contribution in [0.2, 0.25) is 0 Å². The molecule has 0 aliphatic heterocycles. The number of nitrogens with zero attached hydrogens (tertiary/aromatic N) is 1. The van der Waals surface area contributed by atoms with E-state index in [1.807, 2.05) is 13.0 Å². The van der Waals surface area contributed by atoms with E-state index in [-0.39, 0.29) is 5.91 Å². The minimum absolute atomic E-state index is 0.0984. The first-order valence-corrected chi connectivity index (χ1v) is 6.39. The van der Waals surface area contributed by atoms with Gasteiger partial charge in [0.25, 0.3) is 0 Å². The number of thiocarbonyl (C=S) groups is 1. The molecular weight excluding hydrogens is 246 g/mol. The number of carbonyl (C=O) groups excluding carboxylic acids is 1. The normalized spacial score (nSPS) is 26.2. The molecule has 96 valence electrons. The zero-order chi connectivity index (χ0) is 13.3. The van der Waals surface area contributed by atoms with Crippen molar-refractivity contribution in [3.8, 4) is 0 Å². The molecule has 5 heteroatoms. The molecule has 3 N–H and O–H groups in total. The number of carbonyl (C=O) groups is 1. The number of rotatable bonds is 3. The highest BCUT2D eigenvalue weighted by molar-refractivity contribution is 7.80. The van der Waals surface area contributed by atoms with Gasteiger partial charge in [0.05, 0.1) is 10.4 Å². The van der Waals surface area contributed by atoms with Crippen molar-refractivity contribution in [2.24, 2.45) is 17.1 Å². The zero-order valence-corrected chi connectivity index (χ0v) is 11.4. The van der Waals surface area contributed by atoms with Gasteiger partial charge in [-0.3, -0.25) is 9.78 Å². The maximum absolute atomic E-state index is 12.3. The number of pyridine rings is 1. The van der Waals surface area contributed by atoms with Crippen LogP contribution in [0, 0.1) is 18.3 Å². The first-order valence-electron chi connectivity index (χ1n) is 5.98. The summed E-state index contributed by atoms with van der Waals surface area (Å²) in [6, 6.07) is 3.59. The molecule has 0 spiro atoms. The van der Waals surface area contributed by atoms with Gasteiger partial charge in [-0.25, -0.2) is 0 Å². The smallest absolute Gasteiger partial charge is 0.237 e. The molecule has 4 nitrogen and oxygen atoms in total. The summed E-state index contributed by atoms with van der Waals surface area (Å²) in [5, 5.41) is 2.88. The lowest BCUT2D eigenvalue weighted by Crippen LogP contribution is -2.53. The number of aromatic nitrogens is 1. The topological polar surface area (TPSA) is 68.0 Å². The van der Waals surface area contributed by atoms with Crippen LogP contribution >= 0.6 is 12.2 Å². The molecule has 2 rings (SSSR count). The second-order valence-electron chi connectivity index (χ2n) is 5.10. The van der Waals surface area contributed by atoms with Crippen molar-refractivity contribution in [1.29, 1.82) is 0 Å². The predicted octanol–water partition coefficient (Wildman–Crippen LogP) is 2.03. The molecule has 0 saturated heterocycles. The summed E-state index contributed by atoms with van der Waals surface area (Å²) in [6.45, 7) is 3.98. The molecule has 0 unspecified atom stereocenters. The van der Waals surface area contributed by atoms with Gasteiger partial charge in [-0.2, -0.15) is 0 Å². The Morgan fingerprint density at radius 3 is 2.78 bits per heavy atom. The van der Waals surface area contributed by atoms with Gasteiger partial charge >= 0.3 is 0 Å². The summed E-state index contributed by atoms with van der Waals surface area (Å²) in [5.41, 5.74) is 6.68. The summed E-state index contributed by atoms with van der Waals surface area (Å²) in [7, 11) is 0. The predicted molar refractivity (Wildman–Crippen MR) is 75.2 cm³/mol. The fraction of sp³-hybridized carbons (Fsp3) is 0.462. The van der Waals surface area contributed by atoms with Crippen LogP contribution in [0.25, 0.3) is 0 Å². The minimum Gasteiger partial charge on any atom is -0.392 e. The van der Waals surface area contributed by atoms with E-state index in [1.165, 1.54) is 0 Å². The van der Waals surface area contributed by atoms with Crippen molar-refractivity contribution in [2.45, 2.75) is 26.7 Å². The monoisotopic (exact) mass is 263 g/mol. The van der Waals surface area contributed by atoms with Gasteiger partial charge in [0.15, 0.2) is 0 Å². The summed E-state index contributed by atoms with van der Waals surface area (Å²) < 4.78 is 0. The van der Waals surface area contributed by atoms with Crippen LogP contribution in [0.15, 0.2) is 18.3 Å². The van der Waals surface area contributed by atoms with Crippen LogP contribution in [0.3, 0.4) is 0 Å². The molecule has 1 aliphatic carbocycles. The minimum atomic E-state index is -0.661. The van der Waals surface area contributed by atoms with E-state index >= 15 is 0 Å². The third-order valence-corrected chi connectivity index (χ3v) is 3.85. The van der Waals surface area contributed by atoms with E-state index < -0.39 is 5.41 Å². The van der Waals surface area contributed by atoms with E-state index in [2.05, 4.69) is 17.2 Å². The van der Waals surface area contributed by atoms with Crippen molar-refractivity contribution in [3.63, 3.8) is 0 Å². The highest BCUT2D eigenvalue weighted by Gasteiger charge is 2.50. The van der Waals surface area contributed by atoms with E-state index in [9.17, 15) is 4.79 Å². The van der Waals surface area contributed by atoms with Crippen molar-refractivity contribution in [1.82, 2.24) is 4.98 Å². The van der Waals surface area contributed by atoms with Gasteiger partial charge in [0.1, 0.15) is 0 Å².